The Balaban J connectivity index is 1.53. The first kappa shape index (κ1) is 19.5. The number of nitrogens with one attached hydrogen (secondary N) is 1. The first-order chi connectivity index (χ1) is 15.0. The Morgan fingerprint density at radius 2 is 1.87 bits per heavy atom. The molecule has 1 unspecified atom stereocenters. The molecule has 1 saturated heterocycles. The van der Waals surface area contributed by atoms with Crippen molar-refractivity contribution in [3.63, 3.8) is 0 Å². The lowest BCUT2D eigenvalue weighted by Gasteiger charge is -2.16. The number of ether oxygens (including phenoxy) is 1. The number of imidazole rings is 1. The van der Waals surface area contributed by atoms with E-state index in [-0.39, 0.29) is 5.91 Å². The predicted octanol–water partition coefficient (Wildman–Crippen LogP) is -0.289. The van der Waals surface area contributed by atoms with E-state index in [1.165, 1.54) is 24.1 Å². The molecule has 0 aliphatic carbocycles. The smallest absolute Gasteiger partial charge is 0.221 e. The third kappa shape index (κ3) is 3.13. The Morgan fingerprint density at radius 3 is 2.55 bits per heavy atom. The molecule has 5 rings (SSSR count). The minimum absolute atomic E-state index is 0.156. The Bertz CT molecular complexity index is 1270. The Hall–Kier alpha value is -3.45. The van der Waals surface area contributed by atoms with E-state index in [9.17, 15) is 20.1 Å². The molecule has 1 fully saturated rings. The maximum absolute atomic E-state index is 11.2. The number of nitrogens with zero attached hydrogens (tertiary/aromatic N) is 6. The number of aliphatic hydroxyl groups is 3. The summed E-state index contributed by atoms with van der Waals surface area (Å²) >= 11 is 0. The van der Waals surface area contributed by atoms with Crippen LogP contribution in [0, 0.1) is 0 Å². The Morgan fingerprint density at radius 1 is 1.10 bits per heavy atom. The highest BCUT2D eigenvalue weighted by atomic mass is 16.6. The van der Waals surface area contributed by atoms with Gasteiger partial charge in [-0.3, -0.25) is 13.8 Å². The van der Waals surface area contributed by atoms with Crippen molar-refractivity contribution in [1.29, 1.82) is 0 Å². The summed E-state index contributed by atoms with van der Waals surface area (Å²) < 4.78 is 8.75. The summed E-state index contributed by atoms with van der Waals surface area (Å²) in [5.74, 6) is 0.387. The number of aliphatic hydroxyl groups excluding tert-OH is 3. The first-order valence-corrected chi connectivity index (χ1v) is 9.54. The zero-order valence-electron chi connectivity index (χ0n) is 16.3. The van der Waals surface area contributed by atoms with Crippen molar-refractivity contribution in [3.05, 3.63) is 36.9 Å². The van der Waals surface area contributed by atoms with Crippen molar-refractivity contribution in [2.75, 3.05) is 11.9 Å². The number of hydrogen-bond donors (Lipinski definition) is 4. The van der Waals surface area contributed by atoms with Crippen LogP contribution in [-0.2, 0) is 9.53 Å². The summed E-state index contributed by atoms with van der Waals surface area (Å²) in [4.78, 5) is 20.0. The molecule has 0 radical (unpaired) electrons. The minimum atomic E-state index is -1.25. The van der Waals surface area contributed by atoms with Crippen LogP contribution in [0.3, 0.4) is 0 Å². The topological polar surface area (TPSA) is 160 Å². The SMILES string of the molecule is CC(=O)Nc1ccc(-c2nnc3c4ncn([C@@H]5O[C@H](CO)C(O)[C@@H]5O)c4ncn23)cc1. The number of hydrogen-bond acceptors (Lipinski definition) is 9. The molecule has 12 nitrogen and oxygen atoms in total. The van der Waals surface area contributed by atoms with Gasteiger partial charge in [-0.25, -0.2) is 9.97 Å². The van der Waals surface area contributed by atoms with Crippen LogP contribution in [0.15, 0.2) is 36.9 Å². The molecule has 160 valence electrons. The van der Waals surface area contributed by atoms with Gasteiger partial charge >= 0.3 is 0 Å². The van der Waals surface area contributed by atoms with Crippen LogP contribution in [0.25, 0.3) is 28.2 Å². The molecule has 1 aromatic carbocycles. The quantitative estimate of drug-likeness (QED) is 0.344. The number of rotatable bonds is 4. The van der Waals surface area contributed by atoms with E-state index < -0.39 is 31.1 Å². The summed E-state index contributed by atoms with van der Waals surface area (Å²) in [7, 11) is 0. The lowest BCUT2D eigenvalue weighted by Crippen LogP contribution is -2.33. The third-order valence-electron chi connectivity index (χ3n) is 5.23. The number of aromatic nitrogens is 6. The van der Waals surface area contributed by atoms with Crippen molar-refractivity contribution in [1.82, 2.24) is 29.1 Å². The molecular formula is C19H19N7O5. The van der Waals surface area contributed by atoms with Gasteiger partial charge in [0.05, 0.1) is 12.9 Å². The van der Waals surface area contributed by atoms with Crippen molar-refractivity contribution in [2.45, 2.75) is 31.5 Å². The average Bonchev–Trinajstić information content (AvgIpc) is 3.44. The van der Waals surface area contributed by atoms with Crippen molar-refractivity contribution in [3.8, 4) is 11.4 Å². The normalized spacial score (nSPS) is 23.6. The van der Waals surface area contributed by atoms with Gasteiger partial charge in [0.1, 0.15) is 24.6 Å². The first-order valence-electron chi connectivity index (χ1n) is 9.54. The lowest BCUT2D eigenvalue weighted by atomic mass is 10.1. The summed E-state index contributed by atoms with van der Waals surface area (Å²) in [6, 6.07) is 7.15. The predicted molar refractivity (Wildman–Crippen MR) is 107 cm³/mol. The van der Waals surface area contributed by atoms with Crippen molar-refractivity contribution >= 4 is 28.4 Å². The number of fused-ring (bicyclic) bond motifs is 3. The highest BCUT2D eigenvalue weighted by Crippen LogP contribution is 2.32. The number of anilines is 1. The molecule has 0 saturated carbocycles. The summed E-state index contributed by atoms with van der Waals surface area (Å²) in [6.45, 7) is 1.02. The largest absolute Gasteiger partial charge is 0.394 e. The second-order valence-corrected chi connectivity index (χ2v) is 7.27. The molecule has 1 amide bonds. The molecule has 4 aromatic rings. The Kier molecular flexibility index (Phi) is 4.63. The fraction of sp³-hybridized carbons (Fsp3) is 0.316. The standard InChI is InChI=1S/C19H19N7O5/c1-9(28)22-11-4-2-10(3-5-11)16-23-24-18-13-17(21-8-25(16)18)26(7-20-13)19-15(30)14(29)12(6-27)31-19/h2-5,7-8,12,14-15,19,27,29-30H,6H2,1H3,(H,22,28)/t12-,14?,15+,19-/m1/s1. The third-order valence-corrected chi connectivity index (χ3v) is 5.23. The van der Waals surface area contributed by atoms with E-state index in [4.69, 9.17) is 4.74 Å². The molecule has 3 aromatic heterocycles. The Labute approximate surface area is 174 Å². The van der Waals surface area contributed by atoms with E-state index in [1.54, 1.807) is 16.5 Å². The van der Waals surface area contributed by atoms with Gasteiger partial charge in [0.15, 0.2) is 28.9 Å². The monoisotopic (exact) mass is 425 g/mol. The molecule has 4 N–H and O–H groups in total. The molecule has 4 heterocycles. The van der Waals surface area contributed by atoms with Gasteiger partial charge in [-0.2, -0.15) is 0 Å². The molecule has 4 atom stereocenters. The van der Waals surface area contributed by atoms with Crippen LogP contribution in [0.1, 0.15) is 13.2 Å². The average molecular weight is 425 g/mol. The van der Waals surface area contributed by atoms with Crippen LogP contribution in [0.2, 0.25) is 0 Å². The van der Waals surface area contributed by atoms with E-state index in [0.29, 0.717) is 28.3 Å². The number of amides is 1. The van der Waals surface area contributed by atoms with E-state index >= 15 is 0 Å². The number of carbonyl (C=O) groups is 1. The summed E-state index contributed by atoms with van der Waals surface area (Å²) in [5.41, 5.74) is 2.72. The lowest BCUT2D eigenvalue weighted by molar-refractivity contribution is -0.114. The van der Waals surface area contributed by atoms with Gasteiger partial charge in [-0.15, -0.1) is 10.2 Å². The highest BCUT2D eigenvalue weighted by molar-refractivity contribution is 5.89. The molecule has 0 bridgehead atoms. The molecular weight excluding hydrogens is 406 g/mol. The second-order valence-electron chi connectivity index (χ2n) is 7.27. The molecule has 12 heteroatoms. The van der Waals surface area contributed by atoms with E-state index in [2.05, 4.69) is 25.5 Å². The van der Waals surface area contributed by atoms with Crippen LogP contribution < -0.4 is 5.32 Å². The maximum Gasteiger partial charge on any atom is 0.221 e. The highest BCUT2D eigenvalue weighted by Gasteiger charge is 2.44. The van der Waals surface area contributed by atoms with Crippen molar-refractivity contribution in [2.24, 2.45) is 0 Å². The van der Waals surface area contributed by atoms with Gasteiger partial charge in [0.2, 0.25) is 5.91 Å². The molecule has 1 aliphatic rings. The van der Waals surface area contributed by atoms with Gasteiger partial charge in [0.25, 0.3) is 0 Å². The summed E-state index contributed by atoms with van der Waals surface area (Å²) in [5, 5.41) is 40.8. The number of benzene rings is 1. The van der Waals surface area contributed by atoms with Gasteiger partial charge in [0, 0.05) is 18.2 Å². The van der Waals surface area contributed by atoms with Crippen LogP contribution in [0.5, 0.6) is 0 Å². The molecule has 1 aliphatic heterocycles. The van der Waals surface area contributed by atoms with Crippen LogP contribution in [0.4, 0.5) is 5.69 Å². The molecule has 0 spiro atoms. The summed E-state index contributed by atoms with van der Waals surface area (Å²) in [6.07, 6.45) is -1.35. The second kappa shape index (κ2) is 7.35. The van der Waals surface area contributed by atoms with Gasteiger partial charge in [-0.05, 0) is 24.3 Å². The van der Waals surface area contributed by atoms with E-state index in [0.717, 1.165) is 5.56 Å². The fourth-order valence-corrected chi connectivity index (χ4v) is 3.71. The maximum atomic E-state index is 11.2. The van der Waals surface area contributed by atoms with Gasteiger partial charge < -0.3 is 25.4 Å². The fourth-order valence-electron chi connectivity index (χ4n) is 3.71. The zero-order valence-corrected chi connectivity index (χ0v) is 16.3. The van der Waals surface area contributed by atoms with Crippen LogP contribution >= 0.6 is 0 Å². The van der Waals surface area contributed by atoms with E-state index in [1.807, 2.05) is 12.1 Å². The van der Waals surface area contributed by atoms with Gasteiger partial charge in [-0.1, -0.05) is 0 Å². The molecule has 31 heavy (non-hydrogen) atoms. The van der Waals surface area contributed by atoms with Crippen molar-refractivity contribution < 1.29 is 24.9 Å². The van der Waals surface area contributed by atoms with Crippen LogP contribution in [-0.4, -0.2) is 75.3 Å². The number of carbonyl (C=O) groups excluding carboxylic acids is 1. The minimum Gasteiger partial charge on any atom is -0.394 e. The zero-order chi connectivity index (χ0) is 21.7.